The Kier molecular flexibility index (Phi) is 5.12. The number of amides is 4. The van der Waals surface area contributed by atoms with E-state index in [0.29, 0.717) is 37.2 Å². The van der Waals surface area contributed by atoms with Crippen molar-refractivity contribution in [2.45, 2.75) is 18.3 Å². The second-order valence-electron chi connectivity index (χ2n) is 6.67. The molecule has 3 rings (SSSR count). The number of likely N-dealkylation sites (tertiary alicyclic amines) is 1. The quantitative estimate of drug-likeness (QED) is 0.766. The van der Waals surface area contributed by atoms with E-state index in [1.807, 2.05) is 30.3 Å². The Labute approximate surface area is 157 Å². The van der Waals surface area contributed by atoms with Crippen LogP contribution in [0.25, 0.3) is 0 Å². The lowest BCUT2D eigenvalue weighted by Crippen LogP contribution is -2.51. The lowest BCUT2D eigenvalue weighted by molar-refractivity contribution is -0.125. The van der Waals surface area contributed by atoms with Gasteiger partial charge in [-0.3, -0.25) is 9.59 Å². The van der Waals surface area contributed by atoms with Crippen LogP contribution in [-0.2, 0) is 10.2 Å². The molecule has 2 aromatic carbocycles. The zero-order chi connectivity index (χ0) is 19.4. The molecule has 0 unspecified atom stereocenters. The van der Waals surface area contributed by atoms with Gasteiger partial charge < -0.3 is 21.7 Å². The molecule has 1 aliphatic rings. The fraction of sp³-hybridized carbons (Fsp3) is 0.250. The smallest absolute Gasteiger partial charge is 0.316 e. The van der Waals surface area contributed by atoms with E-state index in [0.717, 1.165) is 5.56 Å². The topological polar surface area (TPSA) is 119 Å². The van der Waals surface area contributed by atoms with Crippen LogP contribution < -0.4 is 16.8 Å². The summed E-state index contributed by atoms with van der Waals surface area (Å²) in [6.45, 7) is 0.885. The fourth-order valence-electron chi connectivity index (χ4n) is 3.55. The van der Waals surface area contributed by atoms with Gasteiger partial charge in [-0.1, -0.05) is 30.3 Å². The molecule has 1 aliphatic heterocycles. The second kappa shape index (κ2) is 7.49. The van der Waals surface area contributed by atoms with Crippen molar-refractivity contribution in [1.82, 2.24) is 4.90 Å². The number of hydrogen-bond acceptors (Lipinski definition) is 3. The predicted octanol–water partition coefficient (Wildman–Crippen LogP) is 1.84. The zero-order valence-corrected chi connectivity index (χ0v) is 14.9. The van der Waals surface area contributed by atoms with E-state index in [4.69, 9.17) is 11.5 Å². The van der Waals surface area contributed by atoms with E-state index in [-0.39, 0.29) is 11.8 Å². The van der Waals surface area contributed by atoms with Crippen LogP contribution in [0.1, 0.15) is 28.8 Å². The van der Waals surface area contributed by atoms with Crippen molar-refractivity contribution in [1.29, 1.82) is 0 Å². The molecule has 0 bridgehead atoms. The summed E-state index contributed by atoms with van der Waals surface area (Å²) in [6.07, 6.45) is 0.971. The van der Waals surface area contributed by atoms with Crippen molar-refractivity contribution in [3.63, 3.8) is 0 Å². The molecule has 1 heterocycles. The van der Waals surface area contributed by atoms with Gasteiger partial charge in [0.25, 0.3) is 5.91 Å². The third-order valence-electron chi connectivity index (χ3n) is 5.10. The van der Waals surface area contributed by atoms with E-state index in [1.165, 1.54) is 0 Å². The highest BCUT2D eigenvalue weighted by Gasteiger charge is 2.42. The molecule has 7 nitrogen and oxygen atoms in total. The Hall–Kier alpha value is -3.35. The number of piperidine rings is 1. The van der Waals surface area contributed by atoms with E-state index in [2.05, 4.69) is 5.32 Å². The molecular formula is C20H22N4O3. The first-order valence-corrected chi connectivity index (χ1v) is 8.73. The van der Waals surface area contributed by atoms with Gasteiger partial charge in [0, 0.05) is 24.3 Å². The van der Waals surface area contributed by atoms with Crippen LogP contribution in [0.2, 0.25) is 0 Å². The Morgan fingerprint density at radius 2 is 1.48 bits per heavy atom. The van der Waals surface area contributed by atoms with Crippen LogP contribution in [0.15, 0.2) is 54.6 Å². The molecule has 0 radical (unpaired) electrons. The third kappa shape index (κ3) is 3.76. The van der Waals surface area contributed by atoms with Crippen LogP contribution in [0.3, 0.4) is 0 Å². The minimum atomic E-state index is -0.743. The summed E-state index contributed by atoms with van der Waals surface area (Å²) in [5.74, 6) is -0.477. The molecule has 27 heavy (non-hydrogen) atoms. The number of benzene rings is 2. The van der Waals surface area contributed by atoms with Gasteiger partial charge >= 0.3 is 6.03 Å². The van der Waals surface area contributed by atoms with Gasteiger partial charge in [-0.15, -0.1) is 0 Å². The number of hydrogen-bond donors (Lipinski definition) is 3. The zero-order valence-electron chi connectivity index (χ0n) is 14.9. The van der Waals surface area contributed by atoms with Crippen LogP contribution >= 0.6 is 0 Å². The van der Waals surface area contributed by atoms with Gasteiger partial charge in [0.1, 0.15) is 0 Å². The number of nitrogens with one attached hydrogen (secondary N) is 1. The SMILES string of the molecule is NC(=O)Nc1ccc(C(=O)N2CCC(C(N)=O)(c3ccccc3)CC2)cc1. The van der Waals surface area contributed by atoms with Gasteiger partial charge in [0.2, 0.25) is 5.91 Å². The summed E-state index contributed by atoms with van der Waals surface area (Å²) in [4.78, 5) is 37.6. The average Bonchev–Trinajstić information content (AvgIpc) is 2.68. The highest BCUT2D eigenvalue weighted by molar-refractivity contribution is 5.96. The largest absolute Gasteiger partial charge is 0.369 e. The summed E-state index contributed by atoms with van der Waals surface area (Å²) in [7, 11) is 0. The predicted molar refractivity (Wildman–Crippen MR) is 102 cm³/mol. The fourth-order valence-corrected chi connectivity index (χ4v) is 3.55. The molecule has 5 N–H and O–H groups in total. The molecule has 1 saturated heterocycles. The minimum absolute atomic E-state index is 0.119. The highest BCUT2D eigenvalue weighted by Crippen LogP contribution is 2.35. The molecule has 0 aliphatic carbocycles. The first kappa shape index (κ1) is 18.4. The van der Waals surface area contributed by atoms with Crippen LogP contribution in [-0.4, -0.2) is 35.8 Å². The number of primary amides is 2. The maximum absolute atomic E-state index is 12.7. The summed E-state index contributed by atoms with van der Waals surface area (Å²) in [5.41, 5.74) is 12.0. The van der Waals surface area contributed by atoms with Crippen molar-refractivity contribution >= 4 is 23.5 Å². The Bertz CT molecular complexity index is 841. The van der Waals surface area contributed by atoms with E-state index in [1.54, 1.807) is 29.2 Å². The Balaban J connectivity index is 1.71. The molecule has 140 valence electrons. The molecule has 1 fully saturated rings. The molecule has 0 saturated carbocycles. The molecular weight excluding hydrogens is 344 g/mol. The summed E-state index contributed by atoms with van der Waals surface area (Å²) in [6, 6.07) is 15.4. The van der Waals surface area contributed by atoms with Crippen molar-refractivity contribution in [2.24, 2.45) is 11.5 Å². The first-order valence-electron chi connectivity index (χ1n) is 8.73. The highest BCUT2D eigenvalue weighted by atomic mass is 16.2. The summed E-state index contributed by atoms with van der Waals surface area (Å²) in [5, 5.41) is 2.45. The van der Waals surface area contributed by atoms with Gasteiger partial charge in [-0.05, 0) is 42.7 Å². The average molecular weight is 366 g/mol. The number of anilines is 1. The minimum Gasteiger partial charge on any atom is -0.369 e. The molecule has 7 heteroatoms. The van der Waals surface area contributed by atoms with Crippen molar-refractivity contribution in [3.8, 4) is 0 Å². The van der Waals surface area contributed by atoms with Gasteiger partial charge in [-0.25, -0.2) is 4.79 Å². The number of carbonyl (C=O) groups is 3. The van der Waals surface area contributed by atoms with Crippen LogP contribution in [0, 0.1) is 0 Å². The normalized spacial score (nSPS) is 15.8. The van der Waals surface area contributed by atoms with Gasteiger partial charge in [0.05, 0.1) is 5.41 Å². The molecule has 2 aromatic rings. The molecule has 0 aromatic heterocycles. The number of carbonyl (C=O) groups excluding carboxylic acids is 3. The molecule has 4 amide bonds. The number of nitrogens with two attached hydrogens (primary N) is 2. The maximum atomic E-state index is 12.7. The van der Waals surface area contributed by atoms with Crippen molar-refractivity contribution < 1.29 is 14.4 Å². The lowest BCUT2D eigenvalue weighted by atomic mass is 9.72. The van der Waals surface area contributed by atoms with Crippen molar-refractivity contribution in [3.05, 3.63) is 65.7 Å². The van der Waals surface area contributed by atoms with Crippen molar-refractivity contribution in [2.75, 3.05) is 18.4 Å². The lowest BCUT2D eigenvalue weighted by Gasteiger charge is -2.40. The maximum Gasteiger partial charge on any atom is 0.316 e. The number of rotatable bonds is 4. The first-order chi connectivity index (χ1) is 12.9. The number of nitrogens with zero attached hydrogens (tertiary/aromatic N) is 1. The van der Waals surface area contributed by atoms with Crippen LogP contribution in [0.5, 0.6) is 0 Å². The molecule has 0 spiro atoms. The summed E-state index contributed by atoms with van der Waals surface area (Å²) < 4.78 is 0. The number of urea groups is 1. The second-order valence-corrected chi connectivity index (χ2v) is 6.67. The van der Waals surface area contributed by atoms with E-state index >= 15 is 0 Å². The van der Waals surface area contributed by atoms with E-state index < -0.39 is 11.4 Å². The Morgan fingerprint density at radius 1 is 0.889 bits per heavy atom. The standard InChI is InChI=1S/C20H22N4O3/c21-18(26)20(15-4-2-1-3-5-15)10-12-24(13-11-20)17(25)14-6-8-16(9-7-14)23-19(22)27/h1-9H,10-13H2,(H2,21,26)(H3,22,23,27). The van der Waals surface area contributed by atoms with Gasteiger partial charge in [0.15, 0.2) is 0 Å². The Morgan fingerprint density at radius 3 is 2.00 bits per heavy atom. The third-order valence-corrected chi connectivity index (χ3v) is 5.10. The summed E-state index contributed by atoms with van der Waals surface area (Å²) >= 11 is 0. The van der Waals surface area contributed by atoms with Crippen LogP contribution in [0.4, 0.5) is 10.5 Å². The monoisotopic (exact) mass is 366 g/mol. The van der Waals surface area contributed by atoms with Gasteiger partial charge in [-0.2, -0.15) is 0 Å². The molecule has 0 atom stereocenters. The van der Waals surface area contributed by atoms with E-state index in [9.17, 15) is 14.4 Å².